The molecule has 0 aliphatic rings. The van der Waals surface area contributed by atoms with Crippen LogP contribution in [0.25, 0.3) is 0 Å². The molecule has 0 unspecified atom stereocenters. The molecule has 1 aromatic rings. The van der Waals surface area contributed by atoms with Gasteiger partial charge in [-0.3, -0.25) is 9.36 Å². The summed E-state index contributed by atoms with van der Waals surface area (Å²) in [5.41, 5.74) is 3.17. The molecule has 0 aliphatic heterocycles. The van der Waals surface area contributed by atoms with E-state index in [-0.39, 0.29) is 11.4 Å². The van der Waals surface area contributed by atoms with Gasteiger partial charge < -0.3 is 5.11 Å². The summed E-state index contributed by atoms with van der Waals surface area (Å²) in [6, 6.07) is 3.14. The SMILES string of the molecule is CC(C)=CCC/C(C)=C/Cn1c(O)cc(C)cc1=O. The van der Waals surface area contributed by atoms with E-state index in [1.807, 2.05) is 6.08 Å². The molecule has 3 nitrogen and oxygen atoms in total. The van der Waals surface area contributed by atoms with Crippen molar-refractivity contribution in [1.82, 2.24) is 4.57 Å². The second-order valence-electron chi connectivity index (χ2n) is 5.21. The molecular weight excluding hydrogens is 238 g/mol. The van der Waals surface area contributed by atoms with Crippen LogP contribution in [0.2, 0.25) is 0 Å². The molecular formula is C16H23NO2. The highest BCUT2D eigenvalue weighted by molar-refractivity contribution is 5.20. The van der Waals surface area contributed by atoms with Gasteiger partial charge >= 0.3 is 0 Å². The number of aryl methyl sites for hydroxylation is 1. The summed E-state index contributed by atoms with van der Waals surface area (Å²) in [6.45, 7) is 8.44. The fourth-order valence-electron chi connectivity index (χ4n) is 1.83. The van der Waals surface area contributed by atoms with Crippen molar-refractivity contribution in [2.75, 3.05) is 0 Å². The highest BCUT2D eigenvalue weighted by Gasteiger charge is 2.02. The van der Waals surface area contributed by atoms with Gasteiger partial charge in [-0.15, -0.1) is 0 Å². The molecule has 19 heavy (non-hydrogen) atoms. The number of aromatic hydroxyl groups is 1. The van der Waals surface area contributed by atoms with Gasteiger partial charge in [0.1, 0.15) is 0 Å². The molecule has 1 N–H and O–H groups in total. The van der Waals surface area contributed by atoms with E-state index in [0.717, 1.165) is 18.4 Å². The maximum absolute atomic E-state index is 11.7. The third-order valence-corrected chi connectivity index (χ3v) is 2.96. The zero-order chi connectivity index (χ0) is 14.4. The number of nitrogens with zero attached hydrogens (tertiary/aromatic N) is 1. The summed E-state index contributed by atoms with van der Waals surface area (Å²) in [5.74, 6) is 0.0262. The van der Waals surface area contributed by atoms with Crippen molar-refractivity contribution in [2.45, 2.75) is 47.1 Å². The predicted molar refractivity (Wildman–Crippen MR) is 79.5 cm³/mol. The molecule has 0 saturated carbocycles. The Labute approximate surface area is 114 Å². The monoisotopic (exact) mass is 261 g/mol. The zero-order valence-electron chi connectivity index (χ0n) is 12.2. The van der Waals surface area contributed by atoms with Crippen molar-refractivity contribution in [1.29, 1.82) is 0 Å². The van der Waals surface area contributed by atoms with Gasteiger partial charge in [-0.1, -0.05) is 23.3 Å². The van der Waals surface area contributed by atoms with Crippen molar-refractivity contribution in [3.8, 4) is 5.88 Å². The molecule has 0 radical (unpaired) electrons. The van der Waals surface area contributed by atoms with Crippen LogP contribution in [-0.2, 0) is 6.54 Å². The van der Waals surface area contributed by atoms with Gasteiger partial charge in [0.15, 0.2) is 5.88 Å². The lowest BCUT2D eigenvalue weighted by molar-refractivity contribution is 0.415. The summed E-state index contributed by atoms with van der Waals surface area (Å²) in [4.78, 5) is 11.7. The van der Waals surface area contributed by atoms with Gasteiger partial charge in [-0.2, -0.15) is 0 Å². The van der Waals surface area contributed by atoms with Crippen molar-refractivity contribution < 1.29 is 5.11 Å². The van der Waals surface area contributed by atoms with E-state index in [2.05, 4.69) is 26.8 Å². The minimum Gasteiger partial charge on any atom is -0.494 e. The normalized spacial score (nSPS) is 11.5. The van der Waals surface area contributed by atoms with E-state index in [1.54, 1.807) is 13.0 Å². The Bertz CT molecular complexity index is 546. The Morgan fingerprint density at radius 1 is 1.26 bits per heavy atom. The van der Waals surface area contributed by atoms with E-state index in [9.17, 15) is 9.90 Å². The minimum atomic E-state index is -0.161. The first-order valence-corrected chi connectivity index (χ1v) is 6.59. The molecule has 0 fully saturated rings. The maximum atomic E-state index is 11.7. The predicted octanol–water partition coefficient (Wildman–Crippen LogP) is 3.56. The van der Waals surface area contributed by atoms with Gasteiger partial charge in [-0.25, -0.2) is 0 Å². The lowest BCUT2D eigenvalue weighted by atomic mass is 10.1. The lowest BCUT2D eigenvalue weighted by Crippen LogP contribution is -2.18. The standard InChI is InChI=1S/C16H23NO2/c1-12(2)6-5-7-13(3)8-9-17-15(18)10-14(4)11-16(17)19/h6,8,10-11,18H,5,7,9H2,1-4H3/b13-8+. The Hall–Kier alpha value is -1.77. The molecule has 1 rings (SSSR count). The third-order valence-electron chi connectivity index (χ3n) is 2.96. The molecule has 0 spiro atoms. The smallest absolute Gasteiger partial charge is 0.253 e. The summed E-state index contributed by atoms with van der Waals surface area (Å²) >= 11 is 0. The largest absolute Gasteiger partial charge is 0.494 e. The van der Waals surface area contributed by atoms with Crippen LogP contribution < -0.4 is 5.56 Å². The molecule has 0 bridgehead atoms. The number of hydrogen-bond acceptors (Lipinski definition) is 2. The molecule has 0 amide bonds. The van der Waals surface area contributed by atoms with Gasteiger partial charge in [0.25, 0.3) is 5.56 Å². The first kappa shape index (κ1) is 15.3. The van der Waals surface area contributed by atoms with Gasteiger partial charge in [-0.05, 0) is 46.1 Å². The Kier molecular flexibility index (Phi) is 5.61. The first-order chi connectivity index (χ1) is 8.90. The second kappa shape index (κ2) is 6.98. The van der Waals surface area contributed by atoms with Crippen LogP contribution in [0.4, 0.5) is 0 Å². The number of pyridine rings is 1. The molecule has 104 valence electrons. The molecule has 0 saturated heterocycles. The van der Waals surface area contributed by atoms with Crippen LogP contribution in [0.5, 0.6) is 5.88 Å². The first-order valence-electron chi connectivity index (χ1n) is 6.59. The van der Waals surface area contributed by atoms with Crippen molar-refractivity contribution in [3.05, 3.63) is 51.3 Å². The van der Waals surface area contributed by atoms with Crippen LogP contribution in [0.3, 0.4) is 0 Å². The summed E-state index contributed by atoms with van der Waals surface area (Å²) in [7, 11) is 0. The van der Waals surface area contributed by atoms with Gasteiger partial charge in [0, 0.05) is 18.7 Å². The average molecular weight is 261 g/mol. The molecule has 0 atom stereocenters. The Balaban J connectivity index is 2.71. The number of hydrogen-bond donors (Lipinski definition) is 1. The lowest BCUT2D eigenvalue weighted by Gasteiger charge is -2.07. The van der Waals surface area contributed by atoms with Crippen molar-refractivity contribution >= 4 is 0 Å². The van der Waals surface area contributed by atoms with Crippen LogP contribution >= 0.6 is 0 Å². The Morgan fingerprint density at radius 3 is 2.53 bits per heavy atom. The quantitative estimate of drug-likeness (QED) is 0.823. The maximum Gasteiger partial charge on any atom is 0.253 e. The molecule has 1 heterocycles. The molecule has 0 aliphatic carbocycles. The second-order valence-corrected chi connectivity index (χ2v) is 5.21. The van der Waals surface area contributed by atoms with Crippen LogP contribution in [0, 0.1) is 6.92 Å². The van der Waals surface area contributed by atoms with Crippen molar-refractivity contribution in [3.63, 3.8) is 0 Å². The van der Waals surface area contributed by atoms with Gasteiger partial charge in [0.05, 0.1) is 0 Å². The van der Waals surface area contributed by atoms with Gasteiger partial charge in [0.2, 0.25) is 0 Å². The number of allylic oxidation sites excluding steroid dienone is 4. The van der Waals surface area contributed by atoms with E-state index in [4.69, 9.17) is 0 Å². The summed E-state index contributed by atoms with van der Waals surface area (Å²) in [6.07, 6.45) is 6.19. The topological polar surface area (TPSA) is 42.2 Å². The van der Waals surface area contributed by atoms with Crippen LogP contribution in [0.15, 0.2) is 40.2 Å². The van der Waals surface area contributed by atoms with Crippen molar-refractivity contribution in [2.24, 2.45) is 0 Å². The van der Waals surface area contributed by atoms with Crippen LogP contribution in [-0.4, -0.2) is 9.67 Å². The highest BCUT2D eigenvalue weighted by Crippen LogP contribution is 2.10. The fraction of sp³-hybridized carbons (Fsp3) is 0.438. The molecule has 1 aromatic heterocycles. The fourth-order valence-corrected chi connectivity index (χ4v) is 1.83. The van der Waals surface area contributed by atoms with E-state index >= 15 is 0 Å². The molecule has 0 aromatic carbocycles. The number of rotatable bonds is 5. The van der Waals surface area contributed by atoms with E-state index < -0.39 is 0 Å². The average Bonchev–Trinajstić information content (AvgIpc) is 2.26. The zero-order valence-corrected chi connectivity index (χ0v) is 12.2. The Morgan fingerprint density at radius 2 is 1.95 bits per heavy atom. The van der Waals surface area contributed by atoms with Crippen LogP contribution in [0.1, 0.15) is 39.2 Å². The highest BCUT2D eigenvalue weighted by atomic mass is 16.3. The summed E-state index contributed by atoms with van der Waals surface area (Å²) in [5, 5.41) is 9.76. The summed E-state index contributed by atoms with van der Waals surface area (Å²) < 4.78 is 1.37. The van der Waals surface area contributed by atoms with E-state index in [1.165, 1.54) is 21.8 Å². The molecule has 3 heteroatoms. The third kappa shape index (κ3) is 5.16. The minimum absolute atomic E-state index is 0.0262. The number of aromatic nitrogens is 1. The van der Waals surface area contributed by atoms with E-state index in [0.29, 0.717) is 6.54 Å².